The normalized spacial score (nSPS) is 11.1. The summed E-state index contributed by atoms with van der Waals surface area (Å²) < 4.78 is 30.6. The molecule has 0 fully saturated rings. The quantitative estimate of drug-likeness (QED) is 0.786. The van der Waals surface area contributed by atoms with Gasteiger partial charge in [0.05, 0.1) is 9.79 Å². The predicted octanol–water partition coefficient (Wildman–Crippen LogP) is 4.02. The molecular formula is C18H14O4S. The van der Waals surface area contributed by atoms with Crippen molar-refractivity contribution in [2.45, 2.75) is 9.79 Å². The zero-order valence-electron chi connectivity index (χ0n) is 12.1. The molecular weight excluding hydrogens is 312 g/mol. The molecule has 0 heterocycles. The maximum absolute atomic E-state index is 12.5. The van der Waals surface area contributed by atoms with Crippen molar-refractivity contribution in [3.8, 4) is 17.2 Å². The highest BCUT2D eigenvalue weighted by Gasteiger charge is 2.17. The molecule has 3 aromatic carbocycles. The van der Waals surface area contributed by atoms with Crippen LogP contribution in [0.3, 0.4) is 0 Å². The second-order valence-corrected chi connectivity index (χ2v) is 6.83. The van der Waals surface area contributed by atoms with Crippen LogP contribution in [0.5, 0.6) is 17.2 Å². The average Bonchev–Trinajstić information content (AvgIpc) is 2.57. The van der Waals surface area contributed by atoms with Crippen LogP contribution in [0, 0.1) is 0 Å². The molecule has 0 unspecified atom stereocenters. The van der Waals surface area contributed by atoms with Gasteiger partial charge in [-0.25, -0.2) is 8.42 Å². The van der Waals surface area contributed by atoms with Gasteiger partial charge in [0.1, 0.15) is 17.2 Å². The zero-order valence-corrected chi connectivity index (χ0v) is 12.9. The van der Waals surface area contributed by atoms with Gasteiger partial charge in [-0.15, -0.1) is 0 Å². The van der Waals surface area contributed by atoms with Crippen molar-refractivity contribution in [2.75, 3.05) is 0 Å². The van der Waals surface area contributed by atoms with Crippen molar-refractivity contribution in [1.29, 1.82) is 0 Å². The number of benzene rings is 3. The Hall–Kier alpha value is -2.79. The van der Waals surface area contributed by atoms with Crippen LogP contribution in [-0.2, 0) is 9.84 Å². The number of phenolic OH excluding ortho intramolecular Hbond substituents is 1. The molecule has 23 heavy (non-hydrogen) atoms. The minimum atomic E-state index is -3.61. The molecule has 0 aliphatic rings. The van der Waals surface area contributed by atoms with E-state index in [1.807, 2.05) is 30.3 Å². The largest absolute Gasteiger partial charge is 0.508 e. The molecule has 0 radical (unpaired) electrons. The third kappa shape index (κ3) is 3.35. The molecule has 0 bridgehead atoms. The van der Waals surface area contributed by atoms with Gasteiger partial charge in [0, 0.05) is 0 Å². The van der Waals surface area contributed by atoms with Gasteiger partial charge < -0.3 is 9.84 Å². The Labute approximate surface area is 134 Å². The van der Waals surface area contributed by atoms with Gasteiger partial charge in [-0.1, -0.05) is 18.2 Å². The summed E-state index contributed by atoms with van der Waals surface area (Å²) >= 11 is 0. The van der Waals surface area contributed by atoms with Gasteiger partial charge in [0.25, 0.3) is 0 Å². The minimum absolute atomic E-state index is 0.0237. The number of aromatic hydroxyl groups is 1. The number of hydrogen-bond donors (Lipinski definition) is 1. The van der Waals surface area contributed by atoms with Crippen LogP contribution in [0.4, 0.5) is 0 Å². The van der Waals surface area contributed by atoms with Crippen molar-refractivity contribution in [2.24, 2.45) is 0 Å². The summed E-state index contributed by atoms with van der Waals surface area (Å²) in [6, 6.07) is 20.9. The maximum atomic E-state index is 12.5. The molecule has 0 aromatic heterocycles. The molecule has 116 valence electrons. The van der Waals surface area contributed by atoms with Gasteiger partial charge in [0.15, 0.2) is 0 Å². The van der Waals surface area contributed by atoms with Gasteiger partial charge >= 0.3 is 0 Å². The Morgan fingerprint density at radius 1 is 0.652 bits per heavy atom. The fourth-order valence-corrected chi connectivity index (χ4v) is 3.33. The first kappa shape index (κ1) is 15.1. The second-order valence-electron chi connectivity index (χ2n) is 4.88. The lowest BCUT2D eigenvalue weighted by Crippen LogP contribution is -2.01. The van der Waals surface area contributed by atoms with Gasteiger partial charge in [-0.3, -0.25) is 0 Å². The smallest absolute Gasteiger partial charge is 0.206 e. The fraction of sp³-hybridized carbons (Fsp3) is 0. The number of rotatable bonds is 4. The van der Waals surface area contributed by atoms with E-state index in [4.69, 9.17) is 4.74 Å². The maximum Gasteiger partial charge on any atom is 0.206 e. The summed E-state index contributed by atoms with van der Waals surface area (Å²) in [5, 5.41) is 9.26. The lowest BCUT2D eigenvalue weighted by atomic mass is 10.3. The van der Waals surface area contributed by atoms with E-state index >= 15 is 0 Å². The average molecular weight is 326 g/mol. The highest BCUT2D eigenvalue weighted by atomic mass is 32.2. The standard InChI is InChI=1S/C18H14O4S/c19-14-6-10-17(11-7-14)23(20,21)18-12-8-16(9-13-18)22-15-4-2-1-3-5-15/h1-13,19H. The Morgan fingerprint density at radius 2 is 1.13 bits per heavy atom. The minimum Gasteiger partial charge on any atom is -0.508 e. The summed E-state index contributed by atoms with van der Waals surface area (Å²) in [4.78, 5) is 0.302. The Balaban J connectivity index is 1.85. The van der Waals surface area contributed by atoms with E-state index < -0.39 is 9.84 Å². The molecule has 0 amide bonds. The van der Waals surface area contributed by atoms with Crippen molar-refractivity contribution in [3.05, 3.63) is 78.9 Å². The number of sulfone groups is 1. The van der Waals surface area contributed by atoms with Crippen LogP contribution in [-0.4, -0.2) is 13.5 Å². The molecule has 0 spiro atoms. The summed E-state index contributed by atoms with van der Waals surface area (Å²) in [6.45, 7) is 0. The van der Waals surface area contributed by atoms with Crippen molar-refractivity contribution in [1.82, 2.24) is 0 Å². The first-order valence-electron chi connectivity index (χ1n) is 6.93. The highest BCUT2D eigenvalue weighted by Crippen LogP contribution is 2.26. The number of ether oxygens (including phenoxy) is 1. The molecule has 0 aliphatic carbocycles. The SMILES string of the molecule is O=S(=O)(c1ccc(O)cc1)c1ccc(Oc2ccccc2)cc1. The van der Waals surface area contributed by atoms with Crippen LogP contribution in [0.2, 0.25) is 0 Å². The molecule has 4 nitrogen and oxygen atoms in total. The molecule has 1 N–H and O–H groups in total. The second kappa shape index (κ2) is 6.14. The van der Waals surface area contributed by atoms with E-state index in [1.165, 1.54) is 36.4 Å². The van der Waals surface area contributed by atoms with Crippen molar-refractivity contribution < 1.29 is 18.3 Å². The summed E-state index contributed by atoms with van der Waals surface area (Å²) in [5.74, 6) is 1.26. The number of phenols is 1. The molecule has 0 atom stereocenters. The first-order chi connectivity index (χ1) is 11.1. The molecule has 0 saturated carbocycles. The number of para-hydroxylation sites is 1. The van der Waals surface area contributed by atoms with Crippen molar-refractivity contribution in [3.63, 3.8) is 0 Å². The summed E-state index contributed by atoms with van der Waals surface area (Å²) in [7, 11) is -3.61. The van der Waals surface area contributed by atoms with Crippen LogP contribution in [0.15, 0.2) is 88.7 Å². The molecule has 5 heteroatoms. The topological polar surface area (TPSA) is 63.6 Å². The van der Waals surface area contributed by atoms with E-state index in [-0.39, 0.29) is 15.5 Å². The summed E-state index contributed by atoms with van der Waals surface area (Å²) in [6.07, 6.45) is 0. The summed E-state index contributed by atoms with van der Waals surface area (Å²) in [5.41, 5.74) is 0. The predicted molar refractivity (Wildman–Crippen MR) is 86.5 cm³/mol. The lowest BCUT2D eigenvalue weighted by molar-refractivity contribution is 0.475. The van der Waals surface area contributed by atoms with E-state index in [9.17, 15) is 13.5 Å². The van der Waals surface area contributed by atoms with Crippen LogP contribution in [0.25, 0.3) is 0 Å². The Morgan fingerprint density at radius 3 is 1.70 bits per heavy atom. The van der Waals surface area contributed by atoms with E-state index in [0.717, 1.165) is 0 Å². The third-order valence-electron chi connectivity index (χ3n) is 3.26. The van der Waals surface area contributed by atoms with E-state index in [1.54, 1.807) is 12.1 Å². The monoisotopic (exact) mass is 326 g/mol. The zero-order chi connectivity index (χ0) is 16.3. The van der Waals surface area contributed by atoms with Gasteiger partial charge in [0.2, 0.25) is 9.84 Å². The van der Waals surface area contributed by atoms with E-state index in [0.29, 0.717) is 11.5 Å². The van der Waals surface area contributed by atoms with Gasteiger partial charge in [-0.2, -0.15) is 0 Å². The van der Waals surface area contributed by atoms with Crippen LogP contribution in [0.1, 0.15) is 0 Å². The Bertz CT molecular complexity index is 884. The molecule has 0 aliphatic heterocycles. The molecule has 3 aromatic rings. The van der Waals surface area contributed by atoms with E-state index in [2.05, 4.69) is 0 Å². The van der Waals surface area contributed by atoms with Crippen molar-refractivity contribution >= 4 is 9.84 Å². The van der Waals surface area contributed by atoms with Gasteiger partial charge in [-0.05, 0) is 60.7 Å². The van der Waals surface area contributed by atoms with Crippen LogP contribution < -0.4 is 4.74 Å². The number of hydrogen-bond acceptors (Lipinski definition) is 4. The molecule has 3 rings (SSSR count). The van der Waals surface area contributed by atoms with Crippen LogP contribution >= 0.6 is 0 Å². The third-order valence-corrected chi connectivity index (χ3v) is 5.05. The Kier molecular flexibility index (Phi) is 4.04. The lowest BCUT2D eigenvalue weighted by Gasteiger charge is -2.08. The first-order valence-corrected chi connectivity index (χ1v) is 8.41. The highest BCUT2D eigenvalue weighted by molar-refractivity contribution is 7.91. The fourth-order valence-electron chi connectivity index (χ4n) is 2.07. The molecule has 0 saturated heterocycles.